The molecule has 0 amide bonds. The number of nitrogens with zero attached hydrogens (tertiary/aromatic N) is 1. The molecule has 4 aromatic rings. The molecule has 124 valence electrons. The molecule has 2 aromatic carbocycles. The number of hydrogen-bond donors (Lipinski definition) is 3. The number of aromatic amines is 2. The van der Waals surface area contributed by atoms with Crippen molar-refractivity contribution >= 4 is 16.8 Å². The summed E-state index contributed by atoms with van der Waals surface area (Å²) in [5.41, 5.74) is 3.09. The van der Waals surface area contributed by atoms with Crippen molar-refractivity contribution in [2.75, 3.05) is 7.11 Å². The Morgan fingerprint density at radius 2 is 2.00 bits per heavy atom. The second kappa shape index (κ2) is 5.83. The highest BCUT2D eigenvalue weighted by Gasteiger charge is 2.17. The standard InChI is InChI=1S/C19H15N3O3/c1-25-12-6-7-17(23)13(9-12)18(24)11-8-16(20-10-11)19-21-14-4-2-3-5-15(14)22-19/h2-10,20,23H,1H3,(H,21,22). The number of aromatic nitrogens is 3. The monoisotopic (exact) mass is 333 g/mol. The molecule has 3 N–H and O–H groups in total. The van der Waals surface area contributed by atoms with Gasteiger partial charge >= 0.3 is 0 Å². The molecule has 6 nitrogen and oxygen atoms in total. The zero-order chi connectivity index (χ0) is 17.4. The number of rotatable bonds is 4. The van der Waals surface area contributed by atoms with E-state index in [0.29, 0.717) is 22.8 Å². The number of phenolic OH excluding ortho intramolecular Hbond substituents is 1. The highest BCUT2D eigenvalue weighted by molar-refractivity contribution is 6.11. The first-order valence-corrected chi connectivity index (χ1v) is 7.71. The number of phenols is 1. The molecule has 0 saturated heterocycles. The van der Waals surface area contributed by atoms with E-state index in [-0.39, 0.29) is 17.1 Å². The van der Waals surface area contributed by atoms with E-state index < -0.39 is 0 Å². The number of carbonyl (C=O) groups excluding carboxylic acids is 1. The minimum Gasteiger partial charge on any atom is -0.507 e. The van der Waals surface area contributed by atoms with E-state index >= 15 is 0 Å². The average Bonchev–Trinajstić information content (AvgIpc) is 3.28. The van der Waals surface area contributed by atoms with Crippen molar-refractivity contribution in [3.05, 3.63) is 65.9 Å². The summed E-state index contributed by atoms with van der Waals surface area (Å²) in [6, 6.07) is 14.0. The van der Waals surface area contributed by atoms with E-state index in [9.17, 15) is 9.90 Å². The number of para-hydroxylation sites is 2. The van der Waals surface area contributed by atoms with Crippen molar-refractivity contribution < 1.29 is 14.6 Å². The molecule has 0 atom stereocenters. The van der Waals surface area contributed by atoms with Crippen molar-refractivity contribution in [2.24, 2.45) is 0 Å². The van der Waals surface area contributed by atoms with Gasteiger partial charge in [-0.05, 0) is 36.4 Å². The summed E-state index contributed by atoms with van der Waals surface area (Å²) in [6.07, 6.45) is 1.60. The van der Waals surface area contributed by atoms with Crippen molar-refractivity contribution in [1.29, 1.82) is 0 Å². The molecule has 0 spiro atoms. The average molecular weight is 333 g/mol. The van der Waals surface area contributed by atoms with Gasteiger partial charge in [-0.25, -0.2) is 4.98 Å². The Kier molecular flexibility index (Phi) is 3.50. The van der Waals surface area contributed by atoms with Crippen LogP contribution in [-0.4, -0.2) is 33.0 Å². The van der Waals surface area contributed by atoms with E-state index in [0.717, 1.165) is 11.0 Å². The number of ether oxygens (including phenoxy) is 1. The van der Waals surface area contributed by atoms with Crippen LogP contribution in [-0.2, 0) is 0 Å². The lowest BCUT2D eigenvalue weighted by Gasteiger charge is -2.05. The Hall–Kier alpha value is -3.54. The second-order valence-electron chi connectivity index (χ2n) is 5.62. The maximum Gasteiger partial charge on any atom is 0.198 e. The van der Waals surface area contributed by atoms with Crippen LogP contribution >= 0.6 is 0 Å². The van der Waals surface area contributed by atoms with Gasteiger partial charge in [0.2, 0.25) is 0 Å². The molecule has 25 heavy (non-hydrogen) atoms. The lowest BCUT2D eigenvalue weighted by molar-refractivity contribution is 0.103. The van der Waals surface area contributed by atoms with E-state index in [2.05, 4.69) is 15.0 Å². The zero-order valence-electron chi connectivity index (χ0n) is 13.4. The van der Waals surface area contributed by atoms with Crippen molar-refractivity contribution in [2.45, 2.75) is 0 Å². The summed E-state index contributed by atoms with van der Waals surface area (Å²) in [7, 11) is 1.51. The fraction of sp³-hybridized carbons (Fsp3) is 0.0526. The maximum absolute atomic E-state index is 12.7. The van der Waals surface area contributed by atoms with Crippen LogP contribution in [0.1, 0.15) is 15.9 Å². The van der Waals surface area contributed by atoms with E-state index in [1.807, 2.05) is 24.3 Å². The van der Waals surface area contributed by atoms with Crippen LogP contribution < -0.4 is 4.74 Å². The van der Waals surface area contributed by atoms with Crippen LogP contribution in [0.4, 0.5) is 0 Å². The molecule has 0 aliphatic heterocycles. The van der Waals surface area contributed by atoms with Crippen molar-refractivity contribution in [1.82, 2.24) is 15.0 Å². The molecule has 2 aromatic heterocycles. The van der Waals surface area contributed by atoms with E-state index in [1.54, 1.807) is 18.3 Å². The van der Waals surface area contributed by atoms with Gasteiger partial charge in [0, 0.05) is 11.8 Å². The fourth-order valence-electron chi connectivity index (χ4n) is 2.72. The summed E-state index contributed by atoms with van der Waals surface area (Å²) in [5.74, 6) is 0.775. The molecule has 0 fully saturated rings. The molecule has 2 heterocycles. The minimum atomic E-state index is -0.296. The molecular weight excluding hydrogens is 318 g/mol. The van der Waals surface area contributed by atoms with Crippen LogP contribution in [0.25, 0.3) is 22.6 Å². The third kappa shape index (κ3) is 2.63. The first-order valence-electron chi connectivity index (χ1n) is 7.71. The Bertz CT molecular complexity index is 1050. The quantitative estimate of drug-likeness (QED) is 0.499. The number of carbonyl (C=O) groups is 1. The summed E-state index contributed by atoms with van der Waals surface area (Å²) < 4.78 is 5.12. The topological polar surface area (TPSA) is 91.0 Å². The van der Waals surface area contributed by atoms with Gasteiger partial charge in [-0.15, -0.1) is 0 Å². The highest BCUT2D eigenvalue weighted by Crippen LogP contribution is 2.27. The Labute approximate surface area is 143 Å². The van der Waals surface area contributed by atoms with Gasteiger partial charge in [0.25, 0.3) is 0 Å². The van der Waals surface area contributed by atoms with Crippen LogP contribution in [0.5, 0.6) is 11.5 Å². The van der Waals surface area contributed by atoms with Gasteiger partial charge in [0.1, 0.15) is 11.5 Å². The normalized spacial score (nSPS) is 10.9. The van der Waals surface area contributed by atoms with Gasteiger partial charge in [-0.2, -0.15) is 0 Å². The molecule has 4 rings (SSSR count). The summed E-state index contributed by atoms with van der Waals surface area (Å²) in [6.45, 7) is 0. The van der Waals surface area contributed by atoms with Crippen molar-refractivity contribution in [3.63, 3.8) is 0 Å². The first kappa shape index (κ1) is 15.0. The van der Waals surface area contributed by atoms with Gasteiger partial charge in [-0.1, -0.05) is 12.1 Å². The van der Waals surface area contributed by atoms with Crippen molar-refractivity contribution in [3.8, 4) is 23.0 Å². The summed E-state index contributed by atoms with van der Waals surface area (Å²) in [5, 5.41) is 9.98. The number of benzene rings is 2. The number of ketones is 1. The summed E-state index contributed by atoms with van der Waals surface area (Å²) in [4.78, 5) is 23.5. The Morgan fingerprint density at radius 1 is 1.16 bits per heavy atom. The Morgan fingerprint density at radius 3 is 2.80 bits per heavy atom. The molecule has 0 unspecified atom stereocenters. The number of fused-ring (bicyclic) bond motifs is 1. The van der Waals surface area contributed by atoms with Crippen LogP contribution in [0.3, 0.4) is 0 Å². The molecular formula is C19H15N3O3. The third-order valence-electron chi connectivity index (χ3n) is 4.04. The lowest BCUT2D eigenvalue weighted by Crippen LogP contribution is -2.00. The lowest BCUT2D eigenvalue weighted by atomic mass is 10.0. The number of H-pyrrole nitrogens is 2. The number of imidazole rings is 1. The SMILES string of the molecule is COc1ccc(O)c(C(=O)c2c[nH]c(-c3nc4ccccc4[nH]3)c2)c1. The smallest absolute Gasteiger partial charge is 0.198 e. The highest BCUT2D eigenvalue weighted by atomic mass is 16.5. The minimum absolute atomic E-state index is 0.0858. The third-order valence-corrected chi connectivity index (χ3v) is 4.04. The Balaban J connectivity index is 1.70. The molecule has 0 saturated carbocycles. The van der Waals surface area contributed by atoms with E-state index in [1.165, 1.54) is 19.2 Å². The van der Waals surface area contributed by atoms with Crippen LogP contribution in [0.2, 0.25) is 0 Å². The predicted molar refractivity (Wildman–Crippen MR) is 94.0 cm³/mol. The summed E-state index contributed by atoms with van der Waals surface area (Å²) >= 11 is 0. The molecule has 6 heteroatoms. The maximum atomic E-state index is 12.7. The van der Waals surface area contributed by atoms with Gasteiger partial charge in [-0.3, -0.25) is 4.79 Å². The van der Waals surface area contributed by atoms with Gasteiger partial charge < -0.3 is 19.8 Å². The fourth-order valence-corrected chi connectivity index (χ4v) is 2.72. The molecule has 0 aliphatic rings. The van der Waals surface area contributed by atoms with E-state index in [4.69, 9.17) is 4.74 Å². The number of hydrogen-bond acceptors (Lipinski definition) is 4. The molecule has 0 bridgehead atoms. The van der Waals surface area contributed by atoms with Crippen LogP contribution in [0.15, 0.2) is 54.7 Å². The molecule has 0 radical (unpaired) electrons. The zero-order valence-corrected chi connectivity index (χ0v) is 13.4. The number of nitrogens with one attached hydrogen (secondary N) is 2. The first-order chi connectivity index (χ1) is 12.2. The second-order valence-corrected chi connectivity index (χ2v) is 5.62. The van der Waals surface area contributed by atoms with Crippen LogP contribution in [0, 0.1) is 0 Å². The largest absolute Gasteiger partial charge is 0.507 e. The predicted octanol–water partition coefficient (Wildman–Crippen LogP) is 3.50. The number of aromatic hydroxyl groups is 1. The molecule has 0 aliphatic carbocycles. The van der Waals surface area contributed by atoms with Gasteiger partial charge in [0.05, 0.1) is 29.4 Å². The number of methoxy groups -OCH3 is 1. The van der Waals surface area contributed by atoms with Gasteiger partial charge in [0.15, 0.2) is 11.6 Å².